The molecular weight excluding hydrogens is 941 g/mol. The highest BCUT2D eigenvalue weighted by Gasteiger charge is 2.52. The van der Waals surface area contributed by atoms with Gasteiger partial charge in [-0.3, -0.25) is 46.1 Å². The van der Waals surface area contributed by atoms with Gasteiger partial charge in [-0.1, -0.05) is 0 Å². The lowest BCUT2D eigenvalue weighted by atomic mass is 10.1. The smallest absolute Gasteiger partial charge is 0.387 e. The third-order valence-electron chi connectivity index (χ3n) is 10.3. The topological polar surface area (TPSA) is 461 Å². The highest BCUT2D eigenvalue weighted by atomic mass is 31.2. The Balaban J connectivity index is 0.988. The van der Waals surface area contributed by atoms with Gasteiger partial charge in [0.15, 0.2) is 35.4 Å². The van der Waals surface area contributed by atoms with E-state index < -0.39 is 128 Å². The number of nitrogen functional groups attached to an aromatic ring is 2. The predicted molar refractivity (Wildman–Crippen MR) is 209 cm³/mol. The van der Waals surface area contributed by atoms with Crippen LogP contribution in [0.3, 0.4) is 0 Å². The molecule has 0 radical (unpaired) electrons. The Morgan fingerprint density at radius 3 is 1.85 bits per heavy atom. The van der Waals surface area contributed by atoms with Crippen molar-refractivity contribution in [3.05, 3.63) is 57.9 Å². The number of aliphatic hydroxyl groups is 3. The lowest BCUT2D eigenvalue weighted by molar-refractivity contribution is -0.0618. The summed E-state index contributed by atoms with van der Waals surface area (Å²) in [4.78, 5) is 91.1. The van der Waals surface area contributed by atoms with Crippen molar-refractivity contribution in [2.45, 2.75) is 80.9 Å². The van der Waals surface area contributed by atoms with Crippen LogP contribution in [0.5, 0.6) is 0 Å². The number of aryl methyl sites for hydroxylation is 1. The van der Waals surface area contributed by atoms with Gasteiger partial charge in [0, 0.05) is 18.2 Å². The van der Waals surface area contributed by atoms with E-state index in [1.54, 1.807) is 0 Å². The summed E-state index contributed by atoms with van der Waals surface area (Å²) >= 11 is 0. The van der Waals surface area contributed by atoms with Gasteiger partial charge in [0.25, 0.3) is 5.56 Å². The minimum atomic E-state index is -5.37. The molecule has 8 heterocycles. The van der Waals surface area contributed by atoms with E-state index in [2.05, 4.69) is 39.4 Å². The van der Waals surface area contributed by atoms with Crippen LogP contribution >= 0.6 is 23.5 Å². The minimum absolute atomic E-state index is 0.0120. The Morgan fingerprint density at radius 1 is 0.708 bits per heavy atom. The van der Waals surface area contributed by atoms with E-state index in [4.69, 9.17) is 43.8 Å². The monoisotopic (exact) mass is 980 g/mol. The van der Waals surface area contributed by atoms with Crippen molar-refractivity contribution in [1.82, 2.24) is 48.6 Å². The van der Waals surface area contributed by atoms with Crippen molar-refractivity contribution in [2.75, 3.05) is 31.3 Å². The summed E-state index contributed by atoms with van der Waals surface area (Å²) in [5.41, 5.74) is 10.5. The number of aromatic amines is 1. The molecule has 32 nitrogen and oxygen atoms in total. The van der Waals surface area contributed by atoms with Crippen LogP contribution in [-0.4, -0.2) is 152 Å². The van der Waals surface area contributed by atoms with Gasteiger partial charge in [-0.05, 0) is 6.92 Å². The standard InChI is InChI=1S/C30H39N12O20P3/c1-11-3-40(30(47)39-27(11)46)16-2-12(13(58-16)4-55-63(48,49)50)61-64(51,52)57-6-15-22(21(45)29(60-15)42-10-38-18-24(32)34-8-36-26(18)42)62-65(53,54)56-5-14-19(43)20(44)28(59-14)41-9-37-17-23(31)33-7-35-25(17)41/h3,7-10,12-16,19-22,28-29,43-45H,2,4-6H2,1H3,(H,51,52)(H,53,54)(H2,31,33,35)(H2,32,34,36)(H,39,46,47)(H2,48,49,50)/t12-,13+,14+,15+,16+,19+,20+,21+,22+,28+,29+/m0/s1. The molecule has 0 bridgehead atoms. The second-order valence-electron chi connectivity index (χ2n) is 14.6. The van der Waals surface area contributed by atoms with Crippen molar-refractivity contribution in [3.63, 3.8) is 0 Å². The summed E-state index contributed by atoms with van der Waals surface area (Å²) in [7, 11) is -15.9. The predicted octanol–water partition coefficient (Wildman–Crippen LogP) is -3.03. The molecule has 3 fully saturated rings. The normalized spacial score (nSPS) is 30.3. The van der Waals surface area contributed by atoms with Crippen molar-refractivity contribution in [3.8, 4) is 0 Å². The molecule has 0 saturated carbocycles. The zero-order chi connectivity index (χ0) is 46.7. The fourth-order valence-corrected chi connectivity index (χ4v) is 9.51. The molecule has 3 aliphatic heterocycles. The minimum Gasteiger partial charge on any atom is -0.387 e. The molecule has 35 heteroatoms. The van der Waals surface area contributed by atoms with Gasteiger partial charge in [-0.25, -0.2) is 48.4 Å². The van der Waals surface area contributed by atoms with Crippen LogP contribution in [0.15, 0.2) is 41.1 Å². The molecule has 5 aromatic rings. The van der Waals surface area contributed by atoms with Gasteiger partial charge in [-0.2, -0.15) is 0 Å². The first kappa shape index (κ1) is 47.0. The third kappa shape index (κ3) is 9.81. The molecule has 0 spiro atoms. The molecule has 13 atom stereocenters. The van der Waals surface area contributed by atoms with Gasteiger partial charge in [-0.15, -0.1) is 0 Å². The lowest BCUT2D eigenvalue weighted by Gasteiger charge is -2.25. The van der Waals surface area contributed by atoms with Crippen molar-refractivity contribution < 1.29 is 85.4 Å². The largest absolute Gasteiger partial charge is 0.472 e. The van der Waals surface area contributed by atoms with E-state index in [-0.39, 0.29) is 39.5 Å². The Labute approximate surface area is 361 Å². The number of anilines is 2. The van der Waals surface area contributed by atoms with Crippen LogP contribution in [0.2, 0.25) is 0 Å². The maximum absolute atomic E-state index is 13.5. The molecular formula is C30H39N12O20P3. The molecule has 3 saturated heterocycles. The molecule has 0 aromatic carbocycles. The highest BCUT2D eigenvalue weighted by molar-refractivity contribution is 7.47. The summed E-state index contributed by atoms with van der Waals surface area (Å²) in [6, 6.07) is 0. The number of hydrogen-bond acceptors (Lipinski definition) is 24. The fraction of sp³-hybridized carbons (Fsp3) is 0.533. The van der Waals surface area contributed by atoms with Gasteiger partial charge in [0.05, 0.1) is 32.5 Å². The van der Waals surface area contributed by atoms with E-state index in [0.29, 0.717) is 0 Å². The Kier molecular flexibility index (Phi) is 13.0. The first-order chi connectivity index (χ1) is 30.6. The van der Waals surface area contributed by atoms with Crippen molar-refractivity contribution in [1.29, 1.82) is 0 Å². The molecule has 0 aliphatic carbocycles. The van der Waals surface area contributed by atoms with Crippen LogP contribution < -0.4 is 22.7 Å². The molecule has 3 aliphatic rings. The first-order valence-corrected chi connectivity index (χ1v) is 23.3. The second kappa shape index (κ2) is 17.9. The first-order valence-electron chi connectivity index (χ1n) is 18.8. The third-order valence-corrected chi connectivity index (χ3v) is 12.8. The molecule has 0 amide bonds. The molecule has 5 aromatic heterocycles. The Hall–Kier alpha value is -4.53. The molecule has 8 rings (SSSR count). The van der Waals surface area contributed by atoms with Gasteiger partial charge in [0.1, 0.15) is 78.7 Å². The number of nitrogens with one attached hydrogen (secondary N) is 1. The summed E-state index contributed by atoms with van der Waals surface area (Å²) in [6.07, 6.45) is -12.6. The number of fused-ring (bicyclic) bond motifs is 2. The number of phosphoric ester groups is 3. The molecule has 12 N–H and O–H groups in total. The van der Waals surface area contributed by atoms with E-state index in [1.807, 2.05) is 0 Å². The SMILES string of the molecule is Cc1cn([C@H]2C[C@H](OP(=O)(O)OC[C@H]3O[C@@H](n4cnc5c(N)ncnc54)[C@H](O)[C@@H]3OP(=O)(O)OC[C@H]3O[C@@H](n4cnc5c(N)ncnc54)[C@H](O)[C@@H]3O)[C@@H](COP(=O)(O)O)O2)c(=O)[nH]c1=O. The van der Waals surface area contributed by atoms with Crippen LogP contribution in [0.1, 0.15) is 30.7 Å². The number of aliphatic hydroxyl groups excluding tert-OH is 3. The van der Waals surface area contributed by atoms with Crippen molar-refractivity contribution >= 4 is 57.4 Å². The summed E-state index contributed by atoms with van der Waals surface area (Å²) in [5.74, 6) is -0.0438. The van der Waals surface area contributed by atoms with E-state index in [0.717, 1.165) is 34.3 Å². The van der Waals surface area contributed by atoms with Crippen LogP contribution in [-0.2, 0) is 50.5 Å². The van der Waals surface area contributed by atoms with E-state index in [1.165, 1.54) is 17.8 Å². The number of H-pyrrole nitrogens is 1. The number of phosphoric acid groups is 3. The zero-order valence-corrected chi connectivity index (χ0v) is 35.7. The maximum Gasteiger partial charge on any atom is 0.472 e. The average molecular weight is 981 g/mol. The summed E-state index contributed by atoms with van der Waals surface area (Å²) in [6.45, 7) is -1.51. The molecule has 2 unspecified atom stereocenters. The van der Waals surface area contributed by atoms with Crippen molar-refractivity contribution in [2.24, 2.45) is 0 Å². The maximum atomic E-state index is 13.5. The molecule has 65 heavy (non-hydrogen) atoms. The summed E-state index contributed by atoms with van der Waals surface area (Å²) < 4.78 is 84.8. The van der Waals surface area contributed by atoms with Gasteiger partial charge < -0.3 is 60.6 Å². The quantitative estimate of drug-likeness (QED) is 0.0440. The van der Waals surface area contributed by atoms with Gasteiger partial charge >= 0.3 is 29.2 Å². The van der Waals surface area contributed by atoms with E-state index in [9.17, 15) is 58.2 Å². The molecule has 354 valence electrons. The fourth-order valence-electron chi connectivity index (χ4n) is 7.25. The average Bonchev–Trinajstić information content (AvgIpc) is 4.06. The van der Waals surface area contributed by atoms with Crippen LogP contribution in [0.25, 0.3) is 22.3 Å². The number of imidazole rings is 2. The number of rotatable bonds is 16. The van der Waals surface area contributed by atoms with Crippen LogP contribution in [0.4, 0.5) is 11.6 Å². The van der Waals surface area contributed by atoms with Crippen LogP contribution in [0, 0.1) is 6.92 Å². The Bertz CT molecular complexity index is 2840. The number of aromatic nitrogens is 10. The number of nitrogens with two attached hydrogens (primary N) is 2. The lowest BCUT2D eigenvalue weighted by Crippen LogP contribution is -2.37. The number of ether oxygens (including phenoxy) is 3. The van der Waals surface area contributed by atoms with E-state index >= 15 is 0 Å². The Morgan fingerprint density at radius 2 is 1.25 bits per heavy atom. The van der Waals surface area contributed by atoms with Gasteiger partial charge in [0.2, 0.25) is 0 Å². The zero-order valence-electron chi connectivity index (χ0n) is 33.0. The summed E-state index contributed by atoms with van der Waals surface area (Å²) in [5, 5.41) is 33.2. The second-order valence-corrected chi connectivity index (χ2v) is 18.7. The highest BCUT2D eigenvalue weighted by Crippen LogP contribution is 2.52. The number of hydrogen-bond donors (Lipinski definition) is 10. The number of nitrogens with zero attached hydrogens (tertiary/aromatic N) is 9.